The van der Waals surface area contributed by atoms with Crippen LogP contribution in [-0.2, 0) is 11.8 Å². The van der Waals surface area contributed by atoms with Crippen molar-refractivity contribution < 1.29 is 0 Å². The number of rotatable bonds is 1. The predicted octanol–water partition coefficient (Wildman–Crippen LogP) is 5.64. The lowest BCUT2D eigenvalue weighted by atomic mass is 9.85. The molecule has 3 aliphatic rings. The Labute approximate surface area is 167 Å². The zero-order valence-corrected chi connectivity index (χ0v) is 17.3. The van der Waals surface area contributed by atoms with E-state index in [4.69, 9.17) is 0 Å². The van der Waals surface area contributed by atoms with E-state index in [1.54, 1.807) is 0 Å². The summed E-state index contributed by atoms with van der Waals surface area (Å²) in [6, 6.07) is 13.7. The van der Waals surface area contributed by atoms with Gasteiger partial charge in [0.2, 0.25) is 0 Å². The number of fused-ring (bicyclic) bond motifs is 7. The average Bonchev–Trinajstić information content (AvgIpc) is 3.05. The van der Waals surface area contributed by atoms with Crippen LogP contribution in [0.25, 0.3) is 6.08 Å². The smallest absolute Gasteiger partial charge is 0.118 e. The van der Waals surface area contributed by atoms with Crippen molar-refractivity contribution in [3.63, 3.8) is 0 Å². The molecule has 0 aliphatic carbocycles. The summed E-state index contributed by atoms with van der Waals surface area (Å²) in [7, 11) is 4.17. The lowest BCUT2D eigenvalue weighted by Gasteiger charge is -2.33. The van der Waals surface area contributed by atoms with Crippen LogP contribution in [-0.4, -0.2) is 14.1 Å². The highest BCUT2D eigenvalue weighted by atomic mass is 15.4. The van der Waals surface area contributed by atoms with Crippen LogP contribution in [0.15, 0.2) is 66.3 Å². The third-order valence-corrected chi connectivity index (χ3v) is 5.91. The molecule has 0 spiro atoms. The minimum atomic E-state index is 0.172. The van der Waals surface area contributed by atoms with Crippen LogP contribution in [0.3, 0.4) is 0 Å². The van der Waals surface area contributed by atoms with Gasteiger partial charge < -0.3 is 9.80 Å². The fourth-order valence-corrected chi connectivity index (χ4v) is 4.24. The second kappa shape index (κ2) is 5.78. The molecule has 142 valence electrons. The predicted molar refractivity (Wildman–Crippen MR) is 120 cm³/mol. The molecule has 0 unspecified atom stereocenters. The fraction of sp³-hybridized carbons (Fsp3) is 0.280. The third kappa shape index (κ3) is 2.50. The van der Waals surface area contributed by atoms with Crippen LogP contribution >= 0.6 is 0 Å². The van der Waals surface area contributed by atoms with Crippen LogP contribution in [0, 0.1) is 0 Å². The van der Waals surface area contributed by atoms with Gasteiger partial charge in [-0.1, -0.05) is 39.0 Å². The van der Waals surface area contributed by atoms with E-state index in [-0.39, 0.29) is 5.41 Å². The van der Waals surface area contributed by atoms with E-state index in [2.05, 4.69) is 110 Å². The lowest BCUT2D eigenvalue weighted by Crippen LogP contribution is -2.28. The number of hydrogen-bond donors (Lipinski definition) is 0. The standard InChI is InChI=1S/C25H27N3/c1-25(2,3)19-8-11-22-17(14-19)7-13-24-27(22)16-21-9-6-18-15-20(26(4)5)10-12-23(18)28(21)24/h6,8-16H,7H2,1-5H3. The highest BCUT2D eigenvalue weighted by Crippen LogP contribution is 2.45. The summed E-state index contributed by atoms with van der Waals surface area (Å²) in [5, 5.41) is 0. The maximum Gasteiger partial charge on any atom is 0.118 e. The first kappa shape index (κ1) is 17.2. The quantitative estimate of drug-likeness (QED) is 0.644. The Morgan fingerprint density at radius 1 is 0.929 bits per heavy atom. The SMILES string of the molecule is CN(C)c1ccc2c(c1)C=CC1=CN3C(=CCc4cc(C(C)(C)C)ccc43)N12. The Morgan fingerprint density at radius 2 is 1.71 bits per heavy atom. The molecule has 0 radical (unpaired) electrons. The van der Waals surface area contributed by atoms with Crippen molar-refractivity contribution in [2.75, 3.05) is 28.8 Å². The highest BCUT2D eigenvalue weighted by molar-refractivity contribution is 5.86. The van der Waals surface area contributed by atoms with Crippen molar-refractivity contribution in [2.24, 2.45) is 0 Å². The monoisotopic (exact) mass is 369 g/mol. The summed E-state index contributed by atoms with van der Waals surface area (Å²) in [6.07, 6.45) is 10.1. The molecule has 2 aromatic rings. The molecular weight excluding hydrogens is 342 g/mol. The number of anilines is 3. The van der Waals surface area contributed by atoms with Gasteiger partial charge in [0.15, 0.2) is 0 Å². The van der Waals surface area contributed by atoms with E-state index in [0.717, 1.165) is 6.42 Å². The van der Waals surface area contributed by atoms with Gasteiger partial charge in [-0.3, -0.25) is 4.90 Å². The van der Waals surface area contributed by atoms with E-state index in [9.17, 15) is 0 Å². The highest BCUT2D eigenvalue weighted by Gasteiger charge is 2.34. The maximum atomic E-state index is 2.38. The Morgan fingerprint density at radius 3 is 2.46 bits per heavy atom. The molecule has 3 nitrogen and oxygen atoms in total. The van der Waals surface area contributed by atoms with Crippen LogP contribution in [0.4, 0.5) is 17.1 Å². The van der Waals surface area contributed by atoms with E-state index in [1.165, 1.54) is 45.3 Å². The largest absolute Gasteiger partial charge is 0.378 e. The Balaban J connectivity index is 1.57. The number of hydrogen-bond acceptors (Lipinski definition) is 3. The summed E-state index contributed by atoms with van der Waals surface area (Å²) >= 11 is 0. The van der Waals surface area contributed by atoms with Gasteiger partial charge in [-0.05, 0) is 59.4 Å². The van der Waals surface area contributed by atoms with Crippen molar-refractivity contribution >= 4 is 23.1 Å². The minimum Gasteiger partial charge on any atom is -0.378 e. The molecule has 0 bridgehead atoms. The molecule has 0 saturated heterocycles. The molecule has 0 fully saturated rings. The Hall–Kier alpha value is -2.94. The molecule has 2 aromatic carbocycles. The maximum absolute atomic E-state index is 2.38. The van der Waals surface area contributed by atoms with Crippen LogP contribution in [0.5, 0.6) is 0 Å². The van der Waals surface area contributed by atoms with Gasteiger partial charge in [0, 0.05) is 31.5 Å². The summed E-state index contributed by atoms with van der Waals surface area (Å²) in [4.78, 5) is 6.88. The molecule has 28 heavy (non-hydrogen) atoms. The summed E-state index contributed by atoms with van der Waals surface area (Å²) in [6.45, 7) is 6.84. The minimum absolute atomic E-state index is 0.172. The molecule has 0 saturated carbocycles. The molecule has 0 N–H and O–H groups in total. The first-order chi connectivity index (χ1) is 13.3. The van der Waals surface area contributed by atoms with Gasteiger partial charge >= 0.3 is 0 Å². The van der Waals surface area contributed by atoms with Gasteiger partial charge in [0.1, 0.15) is 5.82 Å². The summed E-state index contributed by atoms with van der Waals surface area (Å²) in [5.41, 5.74) is 9.24. The topological polar surface area (TPSA) is 9.72 Å². The molecular formula is C25H27N3. The van der Waals surface area contributed by atoms with Gasteiger partial charge in [-0.25, -0.2) is 0 Å². The normalized spacial score (nSPS) is 16.8. The number of allylic oxidation sites excluding steroid dienone is 2. The zero-order valence-electron chi connectivity index (χ0n) is 17.3. The van der Waals surface area contributed by atoms with Crippen molar-refractivity contribution in [3.8, 4) is 0 Å². The van der Waals surface area contributed by atoms with Crippen LogP contribution in [0.2, 0.25) is 0 Å². The van der Waals surface area contributed by atoms with Crippen molar-refractivity contribution in [2.45, 2.75) is 32.6 Å². The van der Waals surface area contributed by atoms with Gasteiger partial charge in [0.25, 0.3) is 0 Å². The van der Waals surface area contributed by atoms with E-state index < -0.39 is 0 Å². The third-order valence-electron chi connectivity index (χ3n) is 5.91. The fourth-order valence-electron chi connectivity index (χ4n) is 4.24. The first-order valence-corrected chi connectivity index (χ1v) is 9.97. The summed E-state index contributed by atoms with van der Waals surface area (Å²) in [5.74, 6) is 1.24. The molecule has 3 heteroatoms. The van der Waals surface area contributed by atoms with Crippen molar-refractivity contribution in [1.82, 2.24) is 0 Å². The molecule has 5 rings (SSSR count). The molecule has 0 atom stereocenters. The molecule has 3 aliphatic heterocycles. The second-order valence-corrected chi connectivity index (χ2v) is 9.09. The average molecular weight is 370 g/mol. The zero-order chi connectivity index (χ0) is 19.6. The molecule has 0 aromatic heterocycles. The number of benzene rings is 2. The van der Waals surface area contributed by atoms with Crippen LogP contribution in [0.1, 0.15) is 37.5 Å². The van der Waals surface area contributed by atoms with E-state index >= 15 is 0 Å². The summed E-state index contributed by atoms with van der Waals surface area (Å²) < 4.78 is 0. The van der Waals surface area contributed by atoms with E-state index in [0.29, 0.717) is 0 Å². The Bertz CT molecular complexity index is 1060. The van der Waals surface area contributed by atoms with Gasteiger partial charge in [-0.2, -0.15) is 0 Å². The van der Waals surface area contributed by atoms with Crippen molar-refractivity contribution in [3.05, 3.63) is 83.0 Å². The van der Waals surface area contributed by atoms with Gasteiger partial charge in [0.05, 0.1) is 17.1 Å². The lowest BCUT2D eigenvalue weighted by molar-refractivity contribution is 0.589. The van der Waals surface area contributed by atoms with Crippen LogP contribution < -0.4 is 14.7 Å². The molecule has 0 amide bonds. The van der Waals surface area contributed by atoms with E-state index in [1.807, 2.05) is 0 Å². The first-order valence-electron chi connectivity index (χ1n) is 9.97. The van der Waals surface area contributed by atoms with Gasteiger partial charge in [-0.15, -0.1) is 0 Å². The second-order valence-electron chi connectivity index (χ2n) is 9.09. The Kier molecular flexibility index (Phi) is 3.54. The molecule has 3 heterocycles. The number of nitrogens with zero attached hydrogens (tertiary/aromatic N) is 3. The van der Waals surface area contributed by atoms with Crippen molar-refractivity contribution in [1.29, 1.82) is 0 Å².